The fourth-order valence-electron chi connectivity index (χ4n) is 0.872. The third kappa shape index (κ3) is 4.02. The van der Waals surface area contributed by atoms with Crippen LogP contribution in [0.4, 0.5) is 0 Å². The number of rotatable bonds is 2. The summed E-state index contributed by atoms with van der Waals surface area (Å²) in [4.78, 5) is 0. The van der Waals surface area contributed by atoms with Crippen molar-refractivity contribution in [3.63, 3.8) is 0 Å². The van der Waals surface area contributed by atoms with Crippen LogP contribution in [0.5, 0.6) is 5.75 Å². The van der Waals surface area contributed by atoms with Gasteiger partial charge in [0, 0.05) is 0 Å². The van der Waals surface area contributed by atoms with Crippen molar-refractivity contribution < 1.29 is 4.74 Å². The predicted octanol–water partition coefficient (Wildman–Crippen LogP) is 3.42. The standard InChI is InChI=1S/C9H12O.C2H6/c1-3-10-9-6-4-5-8(2)7-9;1-2/h4-7H,3H2,1-2H3;1-2H3. The number of hydrogen-bond acceptors (Lipinski definition) is 1. The molecule has 1 aromatic carbocycles. The van der Waals surface area contributed by atoms with E-state index in [1.165, 1.54) is 5.56 Å². The Bertz CT molecular complexity index is 206. The van der Waals surface area contributed by atoms with Gasteiger partial charge in [-0.05, 0) is 31.5 Å². The maximum Gasteiger partial charge on any atom is 0.119 e. The van der Waals surface area contributed by atoms with Gasteiger partial charge < -0.3 is 4.74 Å². The Morgan fingerprint density at radius 1 is 1.25 bits per heavy atom. The predicted molar refractivity (Wildman–Crippen MR) is 53.7 cm³/mol. The molecule has 0 amide bonds. The van der Waals surface area contributed by atoms with Crippen LogP contribution in [0, 0.1) is 6.92 Å². The molecule has 1 aromatic rings. The molecule has 0 aliphatic rings. The second kappa shape index (κ2) is 6.71. The molecule has 0 heterocycles. The van der Waals surface area contributed by atoms with Gasteiger partial charge in [-0.1, -0.05) is 26.0 Å². The lowest BCUT2D eigenvalue weighted by Crippen LogP contribution is -1.90. The van der Waals surface area contributed by atoms with Crippen LogP contribution >= 0.6 is 0 Å². The van der Waals surface area contributed by atoms with E-state index >= 15 is 0 Å². The van der Waals surface area contributed by atoms with Gasteiger partial charge in [-0.2, -0.15) is 0 Å². The van der Waals surface area contributed by atoms with Crippen molar-refractivity contribution in [3.8, 4) is 5.75 Å². The molecule has 1 nitrogen and oxygen atoms in total. The molecule has 0 aliphatic carbocycles. The molecule has 1 heteroatoms. The molecule has 0 atom stereocenters. The third-order valence-corrected chi connectivity index (χ3v) is 1.30. The highest BCUT2D eigenvalue weighted by Crippen LogP contribution is 2.11. The molecule has 0 unspecified atom stereocenters. The van der Waals surface area contributed by atoms with E-state index < -0.39 is 0 Å². The lowest BCUT2D eigenvalue weighted by molar-refractivity contribution is 0.340. The Morgan fingerprint density at radius 2 is 1.92 bits per heavy atom. The molecule has 0 N–H and O–H groups in total. The van der Waals surface area contributed by atoms with Crippen molar-refractivity contribution in [1.29, 1.82) is 0 Å². The van der Waals surface area contributed by atoms with Gasteiger partial charge in [0.25, 0.3) is 0 Å². The van der Waals surface area contributed by atoms with Gasteiger partial charge in [-0.15, -0.1) is 0 Å². The molecular formula is C11H18O. The quantitative estimate of drug-likeness (QED) is 0.654. The SMILES string of the molecule is CC.CCOc1cccc(C)c1. The van der Waals surface area contributed by atoms with Gasteiger partial charge in [-0.3, -0.25) is 0 Å². The maximum atomic E-state index is 5.29. The summed E-state index contributed by atoms with van der Waals surface area (Å²) in [5, 5.41) is 0. The minimum Gasteiger partial charge on any atom is -0.494 e. The van der Waals surface area contributed by atoms with E-state index in [2.05, 4.69) is 13.0 Å². The first-order valence-corrected chi connectivity index (χ1v) is 4.52. The summed E-state index contributed by atoms with van der Waals surface area (Å²) < 4.78 is 5.29. The molecule has 0 radical (unpaired) electrons. The molecule has 0 saturated carbocycles. The van der Waals surface area contributed by atoms with Gasteiger partial charge >= 0.3 is 0 Å². The first-order valence-electron chi connectivity index (χ1n) is 4.52. The summed E-state index contributed by atoms with van der Waals surface area (Å²) >= 11 is 0. The fraction of sp³-hybridized carbons (Fsp3) is 0.455. The zero-order valence-corrected chi connectivity index (χ0v) is 8.42. The smallest absolute Gasteiger partial charge is 0.119 e. The summed E-state index contributed by atoms with van der Waals surface area (Å²) in [5.41, 5.74) is 1.24. The summed E-state index contributed by atoms with van der Waals surface area (Å²) in [5.74, 6) is 0.961. The van der Waals surface area contributed by atoms with Crippen LogP contribution in [0.1, 0.15) is 26.3 Å². The molecule has 0 saturated heterocycles. The highest BCUT2D eigenvalue weighted by Gasteiger charge is 1.88. The van der Waals surface area contributed by atoms with E-state index in [4.69, 9.17) is 4.74 Å². The Kier molecular flexibility index (Phi) is 6.16. The zero-order chi connectivity index (χ0) is 9.40. The highest BCUT2D eigenvalue weighted by molar-refractivity contribution is 5.27. The molecule has 0 aromatic heterocycles. The van der Waals surface area contributed by atoms with E-state index in [0.29, 0.717) is 0 Å². The maximum absolute atomic E-state index is 5.29. The first kappa shape index (κ1) is 11.0. The van der Waals surface area contributed by atoms with Gasteiger partial charge in [0.05, 0.1) is 6.61 Å². The summed E-state index contributed by atoms with van der Waals surface area (Å²) in [6, 6.07) is 8.06. The van der Waals surface area contributed by atoms with E-state index in [0.717, 1.165) is 12.4 Å². The molecule has 0 aliphatic heterocycles. The number of ether oxygens (including phenoxy) is 1. The van der Waals surface area contributed by atoms with Crippen LogP contribution in [0.3, 0.4) is 0 Å². The first-order chi connectivity index (χ1) is 5.83. The average molecular weight is 166 g/mol. The highest BCUT2D eigenvalue weighted by atomic mass is 16.5. The second-order valence-corrected chi connectivity index (χ2v) is 2.25. The molecular weight excluding hydrogens is 148 g/mol. The Morgan fingerprint density at radius 3 is 2.42 bits per heavy atom. The molecule has 68 valence electrons. The topological polar surface area (TPSA) is 9.23 Å². The van der Waals surface area contributed by atoms with Crippen molar-refractivity contribution in [2.75, 3.05) is 6.61 Å². The third-order valence-electron chi connectivity index (χ3n) is 1.30. The molecule has 1 rings (SSSR count). The Balaban J connectivity index is 0.000000561. The van der Waals surface area contributed by atoms with Gasteiger partial charge in [-0.25, -0.2) is 0 Å². The second-order valence-electron chi connectivity index (χ2n) is 2.25. The largest absolute Gasteiger partial charge is 0.494 e. The lowest BCUT2D eigenvalue weighted by atomic mass is 10.2. The monoisotopic (exact) mass is 166 g/mol. The van der Waals surface area contributed by atoms with Crippen molar-refractivity contribution in [1.82, 2.24) is 0 Å². The van der Waals surface area contributed by atoms with Gasteiger partial charge in [0.1, 0.15) is 5.75 Å². The van der Waals surface area contributed by atoms with E-state index in [9.17, 15) is 0 Å². The normalized spacial score (nSPS) is 8.33. The Hall–Kier alpha value is -0.980. The number of aryl methyl sites for hydroxylation is 1. The molecule has 12 heavy (non-hydrogen) atoms. The zero-order valence-electron chi connectivity index (χ0n) is 8.42. The average Bonchev–Trinajstić information content (AvgIpc) is 2.09. The summed E-state index contributed by atoms with van der Waals surface area (Å²) in [6.07, 6.45) is 0. The van der Waals surface area contributed by atoms with E-state index in [1.54, 1.807) is 0 Å². The minimum atomic E-state index is 0.740. The van der Waals surface area contributed by atoms with Gasteiger partial charge in [0.2, 0.25) is 0 Å². The van der Waals surface area contributed by atoms with Crippen LogP contribution in [0.2, 0.25) is 0 Å². The molecule has 0 spiro atoms. The Labute approximate surface area is 75.4 Å². The van der Waals surface area contributed by atoms with Crippen LogP contribution in [0.15, 0.2) is 24.3 Å². The van der Waals surface area contributed by atoms with Crippen molar-refractivity contribution in [2.45, 2.75) is 27.7 Å². The number of benzene rings is 1. The fourth-order valence-corrected chi connectivity index (χ4v) is 0.872. The van der Waals surface area contributed by atoms with Crippen LogP contribution in [-0.4, -0.2) is 6.61 Å². The summed E-state index contributed by atoms with van der Waals surface area (Å²) in [7, 11) is 0. The minimum absolute atomic E-state index is 0.740. The van der Waals surface area contributed by atoms with Crippen molar-refractivity contribution in [3.05, 3.63) is 29.8 Å². The molecule has 0 bridgehead atoms. The van der Waals surface area contributed by atoms with Crippen LogP contribution in [-0.2, 0) is 0 Å². The van der Waals surface area contributed by atoms with E-state index in [1.807, 2.05) is 39.0 Å². The van der Waals surface area contributed by atoms with Crippen LogP contribution < -0.4 is 4.74 Å². The molecule has 0 fully saturated rings. The van der Waals surface area contributed by atoms with Crippen LogP contribution in [0.25, 0.3) is 0 Å². The van der Waals surface area contributed by atoms with Crippen molar-refractivity contribution >= 4 is 0 Å². The summed E-state index contributed by atoms with van der Waals surface area (Å²) in [6.45, 7) is 8.79. The van der Waals surface area contributed by atoms with Gasteiger partial charge in [0.15, 0.2) is 0 Å². The van der Waals surface area contributed by atoms with E-state index in [-0.39, 0.29) is 0 Å². The van der Waals surface area contributed by atoms with Crippen molar-refractivity contribution in [2.24, 2.45) is 0 Å². The number of hydrogen-bond donors (Lipinski definition) is 0. The lowest BCUT2D eigenvalue weighted by Gasteiger charge is -2.01.